The molecule has 1 saturated carbocycles. The molecular formula is C12H18O5. The lowest BCUT2D eigenvalue weighted by Gasteiger charge is -2.23. The molecule has 1 aliphatic carbocycles. The molecule has 0 N–H and O–H groups in total. The first-order valence-corrected chi connectivity index (χ1v) is 6.00. The van der Waals surface area contributed by atoms with Gasteiger partial charge >= 0.3 is 12.1 Å². The summed E-state index contributed by atoms with van der Waals surface area (Å²) < 4.78 is 15.3. The van der Waals surface area contributed by atoms with Gasteiger partial charge in [-0.2, -0.15) is 0 Å². The zero-order chi connectivity index (χ0) is 12.6. The number of hydrogen-bond donors (Lipinski definition) is 0. The summed E-state index contributed by atoms with van der Waals surface area (Å²) in [7, 11) is 0. The molecule has 0 aromatic carbocycles. The number of carbonyl (C=O) groups is 2. The quantitative estimate of drug-likeness (QED) is 0.708. The molecule has 2 aliphatic rings. The Hall–Kier alpha value is -1.26. The van der Waals surface area contributed by atoms with E-state index in [4.69, 9.17) is 14.2 Å². The van der Waals surface area contributed by atoms with Gasteiger partial charge in [0, 0.05) is 12.8 Å². The fraction of sp³-hybridized carbons (Fsp3) is 0.833. The second-order valence-corrected chi connectivity index (χ2v) is 5.30. The van der Waals surface area contributed by atoms with Crippen LogP contribution in [0, 0.1) is 5.41 Å². The van der Waals surface area contributed by atoms with Gasteiger partial charge in [0.25, 0.3) is 0 Å². The highest BCUT2D eigenvalue weighted by Crippen LogP contribution is 2.34. The number of esters is 1. The Labute approximate surface area is 100 Å². The lowest BCUT2D eigenvalue weighted by molar-refractivity contribution is -0.160. The molecule has 0 radical (unpaired) electrons. The van der Waals surface area contributed by atoms with Crippen LogP contribution in [-0.4, -0.2) is 30.4 Å². The summed E-state index contributed by atoms with van der Waals surface area (Å²) in [6.07, 6.45) is 0.519. The lowest BCUT2D eigenvalue weighted by Crippen LogP contribution is -2.29. The third kappa shape index (κ3) is 2.37. The van der Waals surface area contributed by atoms with E-state index >= 15 is 0 Å². The highest BCUT2D eigenvalue weighted by Gasteiger charge is 2.47. The number of rotatable bonds is 3. The minimum atomic E-state index is -0.612. The molecule has 17 heavy (non-hydrogen) atoms. The van der Waals surface area contributed by atoms with Gasteiger partial charge in [0.15, 0.2) is 0 Å². The van der Waals surface area contributed by atoms with E-state index in [1.807, 2.05) is 20.8 Å². The van der Waals surface area contributed by atoms with Crippen LogP contribution in [0.5, 0.6) is 0 Å². The Morgan fingerprint density at radius 1 is 1.35 bits per heavy atom. The summed E-state index contributed by atoms with van der Waals surface area (Å²) in [6.45, 7) is 5.68. The van der Waals surface area contributed by atoms with Gasteiger partial charge in [-0.1, -0.05) is 6.92 Å². The summed E-state index contributed by atoms with van der Waals surface area (Å²) in [5, 5.41) is 0. The van der Waals surface area contributed by atoms with Gasteiger partial charge in [0.1, 0.15) is 18.3 Å². The minimum absolute atomic E-state index is 0.198. The minimum Gasteiger partial charge on any atom is -0.462 e. The molecule has 1 aliphatic heterocycles. The molecule has 0 aromatic rings. The molecule has 5 heteroatoms. The second-order valence-electron chi connectivity index (χ2n) is 5.30. The van der Waals surface area contributed by atoms with Crippen LogP contribution in [0.2, 0.25) is 0 Å². The van der Waals surface area contributed by atoms with Crippen molar-refractivity contribution < 1.29 is 23.8 Å². The summed E-state index contributed by atoms with van der Waals surface area (Å²) in [5.74, 6) is -0.198. The predicted octanol–water partition coefficient (Wildman–Crippen LogP) is 2.03. The first kappa shape index (κ1) is 12.2. The van der Waals surface area contributed by atoms with Crippen molar-refractivity contribution in [2.75, 3.05) is 0 Å². The average molecular weight is 242 g/mol. The molecule has 2 atom stereocenters. The highest BCUT2D eigenvalue weighted by atomic mass is 16.8. The zero-order valence-corrected chi connectivity index (χ0v) is 10.4. The Kier molecular flexibility index (Phi) is 3.02. The molecule has 96 valence electrons. The molecule has 2 unspecified atom stereocenters. The summed E-state index contributed by atoms with van der Waals surface area (Å²) in [5.41, 5.74) is -0.463. The van der Waals surface area contributed by atoms with E-state index in [9.17, 15) is 9.59 Å². The topological polar surface area (TPSA) is 61.8 Å². The molecule has 0 aromatic heterocycles. The first-order chi connectivity index (χ1) is 7.92. The third-order valence-electron chi connectivity index (χ3n) is 3.61. The molecule has 1 saturated heterocycles. The maximum atomic E-state index is 11.9. The van der Waals surface area contributed by atoms with Crippen LogP contribution >= 0.6 is 0 Å². The fourth-order valence-corrected chi connectivity index (χ4v) is 1.99. The largest absolute Gasteiger partial charge is 0.509 e. The van der Waals surface area contributed by atoms with E-state index in [0.717, 1.165) is 6.42 Å². The monoisotopic (exact) mass is 242 g/mol. The van der Waals surface area contributed by atoms with Gasteiger partial charge in [-0.25, -0.2) is 4.79 Å². The van der Waals surface area contributed by atoms with E-state index in [-0.39, 0.29) is 24.3 Å². The van der Waals surface area contributed by atoms with Gasteiger partial charge in [0.05, 0.1) is 5.41 Å². The molecule has 1 heterocycles. The SMILES string of the molecule is CCC(C)(C)C(=O)OC1CC2OC(=O)OC2C1. The fourth-order valence-electron chi connectivity index (χ4n) is 1.99. The van der Waals surface area contributed by atoms with E-state index in [1.54, 1.807) is 0 Å². The predicted molar refractivity (Wildman–Crippen MR) is 58.3 cm³/mol. The third-order valence-corrected chi connectivity index (χ3v) is 3.61. The number of ether oxygens (including phenoxy) is 3. The van der Waals surface area contributed by atoms with Crippen LogP contribution in [0.15, 0.2) is 0 Å². The summed E-state index contributed by atoms with van der Waals surface area (Å²) >= 11 is 0. The van der Waals surface area contributed by atoms with E-state index in [1.165, 1.54) is 0 Å². The Balaban J connectivity index is 1.87. The van der Waals surface area contributed by atoms with Crippen molar-refractivity contribution in [2.45, 2.75) is 58.3 Å². The van der Waals surface area contributed by atoms with Crippen LogP contribution in [0.3, 0.4) is 0 Å². The first-order valence-electron chi connectivity index (χ1n) is 6.00. The van der Waals surface area contributed by atoms with E-state index < -0.39 is 11.6 Å². The van der Waals surface area contributed by atoms with Crippen molar-refractivity contribution in [1.82, 2.24) is 0 Å². The Morgan fingerprint density at radius 3 is 2.35 bits per heavy atom. The summed E-state index contributed by atoms with van der Waals surface area (Å²) in [4.78, 5) is 22.7. The number of fused-ring (bicyclic) bond motifs is 1. The standard InChI is InChI=1S/C12H18O5/c1-4-12(2,3)10(13)15-7-5-8-9(6-7)17-11(14)16-8/h7-9H,4-6H2,1-3H3. The van der Waals surface area contributed by atoms with Gasteiger partial charge in [0.2, 0.25) is 0 Å². The van der Waals surface area contributed by atoms with Crippen LogP contribution in [-0.2, 0) is 19.0 Å². The Morgan fingerprint density at radius 2 is 1.88 bits per heavy atom. The summed E-state index contributed by atoms with van der Waals surface area (Å²) in [6, 6.07) is 0. The van der Waals surface area contributed by atoms with Crippen molar-refractivity contribution in [3.8, 4) is 0 Å². The van der Waals surface area contributed by atoms with Gasteiger partial charge < -0.3 is 14.2 Å². The average Bonchev–Trinajstić information content (AvgIpc) is 2.74. The van der Waals surface area contributed by atoms with Crippen LogP contribution in [0.1, 0.15) is 40.0 Å². The zero-order valence-electron chi connectivity index (χ0n) is 10.4. The molecular weight excluding hydrogens is 224 g/mol. The van der Waals surface area contributed by atoms with Crippen molar-refractivity contribution >= 4 is 12.1 Å². The Bertz CT molecular complexity index is 320. The van der Waals surface area contributed by atoms with Gasteiger partial charge in [-0.05, 0) is 20.3 Å². The number of carbonyl (C=O) groups excluding carboxylic acids is 2. The van der Waals surface area contributed by atoms with Crippen molar-refractivity contribution in [3.63, 3.8) is 0 Å². The second kappa shape index (κ2) is 4.20. The lowest BCUT2D eigenvalue weighted by atomic mass is 9.90. The van der Waals surface area contributed by atoms with Gasteiger partial charge in [-0.15, -0.1) is 0 Å². The maximum absolute atomic E-state index is 11.9. The van der Waals surface area contributed by atoms with Crippen molar-refractivity contribution in [3.05, 3.63) is 0 Å². The van der Waals surface area contributed by atoms with E-state index in [0.29, 0.717) is 12.8 Å². The molecule has 2 fully saturated rings. The van der Waals surface area contributed by atoms with Crippen LogP contribution in [0.4, 0.5) is 4.79 Å². The van der Waals surface area contributed by atoms with Crippen molar-refractivity contribution in [2.24, 2.45) is 5.41 Å². The molecule has 0 amide bonds. The van der Waals surface area contributed by atoms with Crippen LogP contribution in [0.25, 0.3) is 0 Å². The normalized spacial score (nSPS) is 31.7. The van der Waals surface area contributed by atoms with E-state index in [2.05, 4.69) is 0 Å². The highest BCUT2D eigenvalue weighted by molar-refractivity contribution is 5.76. The molecule has 0 bridgehead atoms. The molecule has 5 nitrogen and oxygen atoms in total. The van der Waals surface area contributed by atoms with Gasteiger partial charge in [-0.3, -0.25) is 4.79 Å². The number of hydrogen-bond acceptors (Lipinski definition) is 5. The maximum Gasteiger partial charge on any atom is 0.509 e. The van der Waals surface area contributed by atoms with Crippen molar-refractivity contribution in [1.29, 1.82) is 0 Å². The molecule has 0 spiro atoms. The smallest absolute Gasteiger partial charge is 0.462 e. The van der Waals surface area contributed by atoms with Crippen LogP contribution < -0.4 is 0 Å². The molecule has 2 rings (SSSR count).